The van der Waals surface area contributed by atoms with Gasteiger partial charge in [0.2, 0.25) is 0 Å². The van der Waals surface area contributed by atoms with Gasteiger partial charge in [0.15, 0.2) is 0 Å². The molecule has 2 aromatic heterocycles. The highest BCUT2D eigenvalue weighted by molar-refractivity contribution is 7.09. The summed E-state index contributed by atoms with van der Waals surface area (Å²) >= 11 is 1.62. The average molecular weight is 304 g/mol. The van der Waals surface area contributed by atoms with Gasteiger partial charge in [-0.25, -0.2) is 4.98 Å². The molecule has 3 rings (SSSR count). The zero-order chi connectivity index (χ0) is 14.7. The lowest BCUT2D eigenvalue weighted by Crippen LogP contribution is -2.35. The minimum Gasteiger partial charge on any atom is -0.357 e. The highest BCUT2D eigenvalue weighted by Crippen LogP contribution is 2.19. The van der Waals surface area contributed by atoms with Crippen LogP contribution in [0.3, 0.4) is 0 Å². The molecular weight excluding hydrogens is 284 g/mol. The lowest BCUT2D eigenvalue weighted by Gasteiger charge is -2.25. The van der Waals surface area contributed by atoms with E-state index in [0.717, 1.165) is 31.7 Å². The first-order valence-electron chi connectivity index (χ1n) is 7.26. The molecule has 2 N–H and O–H groups in total. The lowest BCUT2D eigenvalue weighted by atomic mass is 10.1. The molecule has 0 bridgehead atoms. The van der Waals surface area contributed by atoms with Crippen molar-refractivity contribution >= 4 is 17.2 Å². The number of carbonyl (C=O) groups excluding carboxylic acids is 1. The second-order valence-corrected chi connectivity index (χ2v) is 6.43. The molecule has 0 aromatic carbocycles. The first-order valence-corrected chi connectivity index (χ1v) is 8.14. The summed E-state index contributed by atoms with van der Waals surface area (Å²) in [5.74, 6) is 0.608. The van der Waals surface area contributed by atoms with E-state index in [9.17, 15) is 4.79 Å². The molecule has 0 aliphatic carbocycles. The fraction of sp³-hybridized carbons (Fsp3) is 0.467. The fourth-order valence-electron chi connectivity index (χ4n) is 2.69. The number of nitrogens with zero attached hydrogens (tertiary/aromatic N) is 2. The molecule has 1 saturated heterocycles. The second-order valence-electron chi connectivity index (χ2n) is 5.49. The van der Waals surface area contributed by atoms with Crippen LogP contribution < -0.4 is 5.32 Å². The number of hydrogen-bond donors (Lipinski definition) is 2. The van der Waals surface area contributed by atoms with Gasteiger partial charge >= 0.3 is 0 Å². The van der Waals surface area contributed by atoms with Gasteiger partial charge in [0.25, 0.3) is 5.91 Å². The van der Waals surface area contributed by atoms with E-state index in [1.807, 2.05) is 29.5 Å². The Morgan fingerprint density at radius 2 is 2.48 bits per heavy atom. The van der Waals surface area contributed by atoms with Gasteiger partial charge in [-0.3, -0.25) is 4.79 Å². The Kier molecular flexibility index (Phi) is 4.36. The van der Waals surface area contributed by atoms with E-state index in [2.05, 4.69) is 15.3 Å². The number of hydrogen-bond acceptors (Lipinski definition) is 4. The van der Waals surface area contributed by atoms with Crippen molar-refractivity contribution in [1.82, 2.24) is 20.2 Å². The number of rotatable bonds is 5. The topological polar surface area (TPSA) is 61.0 Å². The number of thiazole rings is 1. The summed E-state index contributed by atoms with van der Waals surface area (Å²) in [4.78, 5) is 23.1. The summed E-state index contributed by atoms with van der Waals surface area (Å²) in [5, 5.41) is 3.37. The van der Waals surface area contributed by atoms with Crippen molar-refractivity contribution in [3.8, 4) is 0 Å². The van der Waals surface area contributed by atoms with Gasteiger partial charge in [0.1, 0.15) is 5.69 Å². The van der Waals surface area contributed by atoms with Crippen molar-refractivity contribution in [2.24, 2.45) is 5.92 Å². The Labute approximate surface area is 128 Å². The fourth-order valence-corrected chi connectivity index (χ4v) is 3.48. The van der Waals surface area contributed by atoms with Crippen molar-refractivity contribution in [3.63, 3.8) is 0 Å². The van der Waals surface area contributed by atoms with Gasteiger partial charge in [-0.2, -0.15) is 0 Å². The Balaban J connectivity index is 1.76. The van der Waals surface area contributed by atoms with Crippen LogP contribution in [0.25, 0.3) is 0 Å². The molecule has 0 radical (unpaired) electrons. The number of aromatic nitrogens is 2. The van der Waals surface area contributed by atoms with Crippen LogP contribution in [0.5, 0.6) is 0 Å². The maximum Gasteiger partial charge on any atom is 0.270 e. The Morgan fingerprint density at radius 1 is 1.57 bits per heavy atom. The summed E-state index contributed by atoms with van der Waals surface area (Å²) in [7, 11) is 0. The van der Waals surface area contributed by atoms with Crippen molar-refractivity contribution in [3.05, 3.63) is 40.1 Å². The molecule has 21 heavy (non-hydrogen) atoms. The van der Waals surface area contributed by atoms with Crippen LogP contribution >= 0.6 is 11.3 Å². The Morgan fingerprint density at radius 3 is 3.10 bits per heavy atom. The normalized spacial score (nSPS) is 18.0. The van der Waals surface area contributed by atoms with Crippen LogP contribution in [-0.4, -0.2) is 40.4 Å². The largest absolute Gasteiger partial charge is 0.357 e. The Hall–Kier alpha value is -1.66. The third kappa shape index (κ3) is 3.33. The van der Waals surface area contributed by atoms with Crippen LogP contribution in [0.2, 0.25) is 0 Å². The molecule has 112 valence electrons. The first-order chi connectivity index (χ1) is 10.2. The molecule has 2 aromatic rings. The van der Waals surface area contributed by atoms with E-state index in [4.69, 9.17) is 0 Å². The summed E-state index contributed by atoms with van der Waals surface area (Å²) in [6.07, 6.45) is 2.93. The molecular formula is C15H20N4OS. The van der Waals surface area contributed by atoms with Gasteiger partial charge in [0, 0.05) is 17.6 Å². The van der Waals surface area contributed by atoms with Gasteiger partial charge in [0.05, 0.1) is 17.7 Å². The van der Waals surface area contributed by atoms with Crippen LogP contribution in [0.15, 0.2) is 23.8 Å². The van der Waals surface area contributed by atoms with E-state index in [0.29, 0.717) is 18.2 Å². The van der Waals surface area contributed by atoms with Crippen LogP contribution in [-0.2, 0) is 6.54 Å². The zero-order valence-electron chi connectivity index (χ0n) is 12.1. The van der Waals surface area contributed by atoms with E-state index in [1.165, 1.54) is 4.88 Å². The molecule has 6 heteroatoms. The predicted octanol–water partition coefficient (Wildman–Crippen LogP) is 2.03. The lowest BCUT2D eigenvalue weighted by molar-refractivity contribution is 0.0715. The van der Waals surface area contributed by atoms with Crippen LogP contribution in [0.4, 0.5) is 0 Å². The first kappa shape index (κ1) is 14.3. The minimum absolute atomic E-state index is 0.0692. The molecule has 0 saturated carbocycles. The number of aromatic amines is 1. The highest BCUT2D eigenvalue weighted by atomic mass is 32.1. The van der Waals surface area contributed by atoms with Crippen molar-refractivity contribution in [2.45, 2.75) is 19.9 Å². The maximum atomic E-state index is 12.7. The summed E-state index contributed by atoms with van der Waals surface area (Å²) in [6.45, 7) is 5.48. The van der Waals surface area contributed by atoms with E-state index < -0.39 is 0 Å². The molecule has 1 aliphatic rings. The molecule has 3 heterocycles. The maximum absolute atomic E-state index is 12.7. The predicted molar refractivity (Wildman–Crippen MR) is 83.4 cm³/mol. The third-order valence-corrected chi connectivity index (χ3v) is 4.86. The van der Waals surface area contributed by atoms with Crippen molar-refractivity contribution in [1.29, 1.82) is 0 Å². The highest BCUT2D eigenvalue weighted by Gasteiger charge is 2.24. The van der Waals surface area contributed by atoms with Gasteiger partial charge in [-0.1, -0.05) is 0 Å². The zero-order valence-corrected chi connectivity index (χ0v) is 12.9. The summed E-state index contributed by atoms with van der Waals surface area (Å²) in [6, 6.07) is 3.70. The summed E-state index contributed by atoms with van der Waals surface area (Å²) in [5.41, 5.74) is 3.52. The molecule has 0 unspecified atom stereocenters. The minimum atomic E-state index is 0.0692. The van der Waals surface area contributed by atoms with Crippen LogP contribution in [0, 0.1) is 12.8 Å². The molecule has 1 aliphatic heterocycles. The van der Waals surface area contributed by atoms with Gasteiger partial charge < -0.3 is 15.2 Å². The standard InChI is InChI=1S/C15H20N4OS/c1-11-14(21-10-18-11)9-19(8-12-4-6-16-7-12)15(20)13-3-2-5-17-13/h2-3,5,10,12,16-17H,4,6-9H2,1H3/t12-/m1/s1. The number of H-pyrrole nitrogens is 1. The summed E-state index contributed by atoms with van der Waals surface area (Å²) < 4.78 is 0. The van der Waals surface area contributed by atoms with Gasteiger partial charge in [-0.15, -0.1) is 11.3 Å². The third-order valence-electron chi connectivity index (χ3n) is 3.94. The number of carbonyl (C=O) groups is 1. The number of nitrogens with one attached hydrogen (secondary N) is 2. The smallest absolute Gasteiger partial charge is 0.270 e. The average Bonchev–Trinajstić information content (AvgIpc) is 3.20. The quantitative estimate of drug-likeness (QED) is 0.888. The molecule has 1 fully saturated rings. The monoisotopic (exact) mass is 304 g/mol. The van der Waals surface area contributed by atoms with E-state index >= 15 is 0 Å². The Bertz CT molecular complexity index is 587. The van der Waals surface area contributed by atoms with E-state index in [-0.39, 0.29) is 5.91 Å². The van der Waals surface area contributed by atoms with Crippen LogP contribution in [0.1, 0.15) is 27.5 Å². The van der Waals surface area contributed by atoms with Crippen molar-refractivity contribution < 1.29 is 4.79 Å². The van der Waals surface area contributed by atoms with Gasteiger partial charge in [-0.05, 0) is 44.5 Å². The van der Waals surface area contributed by atoms with Crippen molar-refractivity contribution in [2.75, 3.05) is 19.6 Å². The SMILES string of the molecule is Cc1ncsc1CN(C[C@@H]1CCNC1)C(=O)c1ccc[nH]1. The molecule has 0 spiro atoms. The van der Waals surface area contributed by atoms with E-state index in [1.54, 1.807) is 17.5 Å². The second kappa shape index (κ2) is 6.41. The molecule has 1 amide bonds. The number of aryl methyl sites for hydroxylation is 1. The number of amides is 1. The molecule has 1 atom stereocenters. The molecule has 5 nitrogen and oxygen atoms in total.